The SMILES string of the molecule is CCCCCN1CC=C[C@]23S[C@]4(C)/C=C\CCCCOC(=O)[C@@H]4[C@H]2C(=O)N([C@H](C)CO)C3C1=O. The van der Waals surface area contributed by atoms with Gasteiger partial charge in [-0.25, -0.2) is 0 Å². The highest BCUT2D eigenvalue weighted by molar-refractivity contribution is 8.02. The smallest absolute Gasteiger partial charge is 0.311 e. The summed E-state index contributed by atoms with van der Waals surface area (Å²) >= 11 is 1.56. The lowest BCUT2D eigenvalue weighted by atomic mass is 9.74. The third kappa shape index (κ3) is 4.11. The van der Waals surface area contributed by atoms with E-state index in [1.165, 1.54) is 0 Å². The van der Waals surface area contributed by atoms with Crippen LogP contribution in [0, 0.1) is 11.8 Å². The molecule has 7 nitrogen and oxygen atoms in total. The fraction of sp³-hybridized carbons (Fsp3) is 0.731. The molecule has 4 aliphatic heterocycles. The van der Waals surface area contributed by atoms with Gasteiger partial charge in [0.05, 0.1) is 35.8 Å². The Morgan fingerprint density at radius 1 is 1.15 bits per heavy atom. The van der Waals surface area contributed by atoms with Crippen LogP contribution < -0.4 is 0 Å². The summed E-state index contributed by atoms with van der Waals surface area (Å²) in [6.07, 6.45) is 13.8. The number of rotatable bonds is 6. The zero-order valence-corrected chi connectivity index (χ0v) is 21.4. The Bertz CT molecular complexity index is 875. The van der Waals surface area contributed by atoms with E-state index in [-0.39, 0.29) is 24.4 Å². The van der Waals surface area contributed by atoms with Gasteiger partial charge in [0.1, 0.15) is 6.04 Å². The highest BCUT2D eigenvalue weighted by Crippen LogP contribution is 2.65. The first kappa shape index (κ1) is 25.3. The Kier molecular flexibility index (Phi) is 7.48. The molecule has 34 heavy (non-hydrogen) atoms. The summed E-state index contributed by atoms with van der Waals surface area (Å²) in [5, 5.41) is 10.00. The van der Waals surface area contributed by atoms with Gasteiger partial charge in [-0.15, -0.1) is 11.8 Å². The van der Waals surface area contributed by atoms with Gasteiger partial charge in [0.25, 0.3) is 0 Å². The molecule has 0 aromatic carbocycles. The zero-order chi connectivity index (χ0) is 24.5. The maximum absolute atomic E-state index is 14.0. The number of hydrogen-bond acceptors (Lipinski definition) is 6. The van der Waals surface area contributed by atoms with Crippen molar-refractivity contribution in [3.8, 4) is 0 Å². The summed E-state index contributed by atoms with van der Waals surface area (Å²) in [5.41, 5.74) is 0. The van der Waals surface area contributed by atoms with Crippen molar-refractivity contribution in [2.75, 3.05) is 26.3 Å². The van der Waals surface area contributed by atoms with Crippen LogP contribution in [0.5, 0.6) is 0 Å². The molecular weight excluding hydrogens is 452 g/mol. The number of likely N-dealkylation sites (tertiary alicyclic amines) is 1. The number of unbranched alkanes of at least 4 members (excludes halogenated alkanes) is 2. The van der Waals surface area contributed by atoms with E-state index in [4.69, 9.17) is 4.74 Å². The molecule has 0 aromatic rings. The molecule has 6 atom stereocenters. The number of allylic oxidation sites excluding steroid dienone is 1. The molecule has 0 radical (unpaired) electrons. The fourth-order valence-corrected chi connectivity index (χ4v) is 8.24. The molecule has 8 heteroatoms. The van der Waals surface area contributed by atoms with Crippen LogP contribution in [0.25, 0.3) is 0 Å². The Labute approximate surface area is 206 Å². The van der Waals surface area contributed by atoms with E-state index in [0.29, 0.717) is 19.7 Å². The third-order valence-corrected chi connectivity index (χ3v) is 9.59. The van der Waals surface area contributed by atoms with Gasteiger partial charge in [-0.1, -0.05) is 44.1 Å². The van der Waals surface area contributed by atoms with Gasteiger partial charge >= 0.3 is 5.97 Å². The molecule has 4 heterocycles. The largest absolute Gasteiger partial charge is 0.465 e. The van der Waals surface area contributed by atoms with Crippen LogP contribution in [0.3, 0.4) is 0 Å². The number of fused-ring (bicyclic) bond motifs is 2. The average Bonchev–Trinajstić information content (AvgIpc) is 3.15. The minimum Gasteiger partial charge on any atom is -0.465 e. The molecule has 2 amide bonds. The molecule has 2 saturated heterocycles. The first-order valence-electron chi connectivity index (χ1n) is 12.7. The summed E-state index contributed by atoms with van der Waals surface area (Å²) in [7, 11) is 0. The lowest BCUT2D eigenvalue weighted by molar-refractivity contribution is -0.154. The second-order valence-corrected chi connectivity index (χ2v) is 12.0. The van der Waals surface area contributed by atoms with Crippen molar-refractivity contribution >= 4 is 29.5 Å². The van der Waals surface area contributed by atoms with Gasteiger partial charge in [0.15, 0.2) is 0 Å². The number of carbonyl (C=O) groups is 3. The van der Waals surface area contributed by atoms with Gasteiger partial charge in [0, 0.05) is 17.8 Å². The van der Waals surface area contributed by atoms with Crippen molar-refractivity contribution < 1.29 is 24.2 Å². The summed E-state index contributed by atoms with van der Waals surface area (Å²) in [6, 6.07) is -1.28. The van der Waals surface area contributed by atoms with Crippen molar-refractivity contribution in [1.29, 1.82) is 0 Å². The highest BCUT2D eigenvalue weighted by atomic mass is 32.2. The van der Waals surface area contributed by atoms with E-state index in [1.807, 2.05) is 24.0 Å². The number of aliphatic hydroxyl groups excluding tert-OH is 1. The van der Waals surface area contributed by atoms with Crippen LogP contribution >= 0.6 is 11.8 Å². The molecule has 1 N–H and O–H groups in total. The normalized spacial score (nSPS) is 37.5. The Balaban J connectivity index is 1.81. The lowest BCUT2D eigenvalue weighted by Crippen LogP contribution is -2.56. The van der Waals surface area contributed by atoms with Crippen LogP contribution in [-0.4, -0.2) is 80.6 Å². The number of cyclic esters (lactones) is 1. The van der Waals surface area contributed by atoms with Gasteiger partial charge in [-0.05, 0) is 39.5 Å². The molecule has 0 saturated carbocycles. The van der Waals surface area contributed by atoms with Crippen molar-refractivity contribution in [3.63, 3.8) is 0 Å². The van der Waals surface area contributed by atoms with Gasteiger partial charge in [0.2, 0.25) is 11.8 Å². The Morgan fingerprint density at radius 2 is 1.94 bits per heavy atom. The van der Waals surface area contributed by atoms with Crippen molar-refractivity contribution in [3.05, 3.63) is 24.3 Å². The number of carbonyl (C=O) groups excluding carboxylic acids is 3. The van der Waals surface area contributed by atoms with Gasteiger partial charge in [-0.3, -0.25) is 14.4 Å². The summed E-state index contributed by atoms with van der Waals surface area (Å²) in [5.74, 6) is -2.09. The van der Waals surface area contributed by atoms with E-state index >= 15 is 0 Å². The van der Waals surface area contributed by atoms with E-state index in [9.17, 15) is 19.5 Å². The molecule has 0 aromatic heterocycles. The minimum absolute atomic E-state index is 0.0885. The Morgan fingerprint density at radius 3 is 2.68 bits per heavy atom. The molecule has 1 spiro atoms. The highest BCUT2D eigenvalue weighted by Gasteiger charge is 2.74. The lowest BCUT2D eigenvalue weighted by Gasteiger charge is -2.39. The second-order valence-electron chi connectivity index (χ2n) is 10.2. The molecule has 0 bridgehead atoms. The van der Waals surface area contributed by atoms with Crippen molar-refractivity contribution in [2.24, 2.45) is 11.8 Å². The molecule has 4 aliphatic rings. The van der Waals surface area contributed by atoms with Crippen LogP contribution in [0.2, 0.25) is 0 Å². The molecular formula is C26H38N2O5S. The van der Waals surface area contributed by atoms with E-state index < -0.39 is 33.4 Å². The zero-order valence-electron chi connectivity index (χ0n) is 20.6. The predicted molar refractivity (Wildman–Crippen MR) is 132 cm³/mol. The number of esters is 1. The topological polar surface area (TPSA) is 87.2 Å². The first-order valence-corrected chi connectivity index (χ1v) is 13.6. The first-order chi connectivity index (χ1) is 16.3. The number of nitrogens with zero attached hydrogens (tertiary/aromatic N) is 2. The predicted octanol–water partition coefficient (Wildman–Crippen LogP) is 2.93. The van der Waals surface area contributed by atoms with Crippen LogP contribution in [0.15, 0.2) is 24.3 Å². The maximum Gasteiger partial charge on any atom is 0.311 e. The molecule has 2 fully saturated rings. The fourth-order valence-electron chi connectivity index (χ4n) is 6.10. The number of hydrogen-bond donors (Lipinski definition) is 1. The van der Waals surface area contributed by atoms with Crippen LogP contribution in [0.1, 0.15) is 59.3 Å². The van der Waals surface area contributed by atoms with E-state index in [2.05, 4.69) is 19.1 Å². The summed E-state index contributed by atoms with van der Waals surface area (Å²) in [6.45, 7) is 7.13. The average molecular weight is 491 g/mol. The number of thioether (sulfide) groups is 1. The van der Waals surface area contributed by atoms with Crippen molar-refractivity contribution in [2.45, 2.75) is 80.9 Å². The molecule has 188 valence electrons. The second kappa shape index (κ2) is 10.1. The Hall–Kier alpha value is -1.80. The van der Waals surface area contributed by atoms with Gasteiger partial charge in [-0.2, -0.15) is 0 Å². The van der Waals surface area contributed by atoms with Crippen LogP contribution in [-0.2, 0) is 19.1 Å². The summed E-state index contributed by atoms with van der Waals surface area (Å²) in [4.78, 5) is 44.9. The number of ether oxygens (including phenoxy) is 1. The number of aliphatic hydroxyl groups is 1. The quantitative estimate of drug-likeness (QED) is 0.350. The monoisotopic (exact) mass is 490 g/mol. The molecule has 4 rings (SSSR count). The van der Waals surface area contributed by atoms with Gasteiger partial charge < -0.3 is 19.6 Å². The van der Waals surface area contributed by atoms with E-state index in [1.54, 1.807) is 23.6 Å². The summed E-state index contributed by atoms with van der Waals surface area (Å²) < 4.78 is 4.13. The number of amides is 2. The van der Waals surface area contributed by atoms with Crippen molar-refractivity contribution in [1.82, 2.24) is 9.80 Å². The van der Waals surface area contributed by atoms with Crippen LogP contribution in [0.4, 0.5) is 0 Å². The molecule has 0 aliphatic carbocycles. The minimum atomic E-state index is -0.881. The van der Waals surface area contributed by atoms with E-state index in [0.717, 1.165) is 38.5 Å². The standard InChI is InChI=1S/C26H38N2O5S/c1-4-5-9-14-27-15-11-13-26-19(22(30)28(18(2)17-29)21(26)23(27)31)20-24(32)33-16-10-7-6-8-12-25(20,3)34-26/h8,11-13,18-21,29H,4-7,9-10,14-17H2,1-3H3/b12-8-/t18-,19+,20+,21?,25-,26+/m1/s1. The third-order valence-electron chi connectivity index (χ3n) is 7.79. The molecule has 1 unspecified atom stereocenters. The maximum atomic E-state index is 14.0.